The third kappa shape index (κ3) is 3.59. The first kappa shape index (κ1) is 17.1. The number of nitrogens with zero attached hydrogens (tertiary/aromatic N) is 3. The number of benzene rings is 2. The van der Waals surface area contributed by atoms with E-state index in [0.29, 0.717) is 6.61 Å². The number of hydrogen-bond acceptors (Lipinski definition) is 4. The van der Waals surface area contributed by atoms with Crippen LogP contribution in [0.5, 0.6) is 5.75 Å². The van der Waals surface area contributed by atoms with Crippen molar-refractivity contribution in [1.29, 1.82) is 0 Å². The van der Waals surface area contributed by atoms with E-state index < -0.39 is 0 Å². The van der Waals surface area contributed by atoms with Crippen molar-refractivity contribution in [3.8, 4) is 5.75 Å². The average Bonchev–Trinajstić information content (AvgIpc) is 3.08. The van der Waals surface area contributed by atoms with Crippen molar-refractivity contribution in [3.05, 3.63) is 60.4 Å². The molecule has 5 nitrogen and oxygen atoms in total. The van der Waals surface area contributed by atoms with Gasteiger partial charge in [0.2, 0.25) is 0 Å². The minimum absolute atomic E-state index is 0.253. The van der Waals surface area contributed by atoms with Crippen molar-refractivity contribution in [3.63, 3.8) is 0 Å². The van der Waals surface area contributed by atoms with Gasteiger partial charge >= 0.3 is 0 Å². The predicted molar refractivity (Wildman–Crippen MR) is 102 cm³/mol. The smallest absolute Gasteiger partial charge is 0.127 e. The van der Waals surface area contributed by atoms with Gasteiger partial charge in [-0.1, -0.05) is 30.3 Å². The highest BCUT2D eigenvalue weighted by atomic mass is 16.5. The molecule has 2 aromatic carbocycles. The van der Waals surface area contributed by atoms with Gasteiger partial charge in [0.15, 0.2) is 0 Å². The van der Waals surface area contributed by atoms with Crippen LogP contribution in [0, 0.1) is 0 Å². The van der Waals surface area contributed by atoms with E-state index in [0.717, 1.165) is 49.9 Å². The van der Waals surface area contributed by atoms with Crippen LogP contribution in [0.2, 0.25) is 0 Å². The molecule has 1 saturated heterocycles. The Morgan fingerprint density at radius 1 is 1.04 bits per heavy atom. The fourth-order valence-corrected chi connectivity index (χ4v) is 3.55. The molecule has 5 heteroatoms. The molecule has 4 rings (SSSR count). The second kappa shape index (κ2) is 7.89. The standard InChI is InChI=1S/C21H25N3O2/c1-17(23-11-14-25-15-12-23)21-22-19-9-5-6-10-20(19)24(21)13-16-26-18-7-3-2-4-8-18/h2-10,17H,11-16H2,1H3/t17-/m1/s1. The number of morpholine rings is 1. The summed E-state index contributed by atoms with van der Waals surface area (Å²) in [5, 5.41) is 0. The van der Waals surface area contributed by atoms with Gasteiger partial charge in [-0.15, -0.1) is 0 Å². The summed E-state index contributed by atoms with van der Waals surface area (Å²) in [5.41, 5.74) is 2.21. The minimum atomic E-state index is 0.253. The first-order valence-corrected chi connectivity index (χ1v) is 9.28. The average molecular weight is 351 g/mol. The van der Waals surface area contributed by atoms with Crippen molar-refractivity contribution in [2.75, 3.05) is 32.9 Å². The highest BCUT2D eigenvalue weighted by Crippen LogP contribution is 2.25. The van der Waals surface area contributed by atoms with E-state index >= 15 is 0 Å². The molecule has 0 saturated carbocycles. The zero-order valence-corrected chi connectivity index (χ0v) is 15.2. The number of rotatable bonds is 6. The Balaban J connectivity index is 1.57. The Kier molecular flexibility index (Phi) is 5.18. The van der Waals surface area contributed by atoms with Gasteiger partial charge in [0.1, 0.15) is 18.2 Å². The number of para-hydroxylation sites is 3. The van der Waals surface area contributed by atoms with Gasteiger partial charge in [-0.25, -0.2) is 4.98 Å². The molecule has 3 aromatic rings. The summed E-state index contributed by atoms with van der Waals surface area (Å²) < 4.78 is 13.7. The summed E-state index contributed by atoms with van der Waals surface area (Å²) in [6.07, 6.45) is 0. The van der Waals surface area contributed by atoms with Crippen LogP contribution in [-0.4, -0.2) is 47.4 Å². The van der Waals surface area contributed by atoms with Gasteiger partial charge < -0.3 is 14.0 Å². The van der Waals surface area contributed by atoms with Crippen LogP contribution >= 0.6 is 0 Å². The lowest BCUT2D eigenvalue weighted by molar-refractivity contribution is 0.0175. The lowest BCUT2D eigenvalue weighted by Gasteiger charge is -2.32. The predicted octanol–water partition coefficient (Wildman–Crippen LogP) is 3.51. The molecule has 1 fully saturated rings. The maximum Gasteiger partial charge on any atom is 0.127 e. The number of fused-ring (bicyclic) bond motifs is 1. The van der Waals surface area contributed by atoms with E-state index in [4.69, 9.17) is 14.5 Å². The SMILES string of the molecule is C[C@H](c1nc2ccccc2n1CCOc1ccccc1)N1CCOCC1. The maximum atomic E-state index is 5.93. The lowest BCUT2D eigenvalue weighted by Crippen LogP contribution is -2.39. The summed E-state index contributed by atoms with van der Waals surface area (Å²) >= 11 is 0. The largest absolute Gasteiger partial charge is 0.492 e. The molecule has 1 atom stereocenters. The molecule has 0 N–H and O–H groups in total. The molecule has 1 aliphatic rings. The fourth-order valence-electron chi connectivity index (χ4n) is 3.55. The molecular formula is C21H25N3O2. The van der Waals surface area contributed by atoms with Gasteiger partial charge in [0, 0.05) is 13.1 Å². The van der Waals surface area contributed by atoms with Crippen molar-refractivity contribution in [2.45, 2.75) is 19.5 Å². The van der Waals surface area contributed by atoms with Crippen molar-refractivity contribution < 1.29 is 9.47 Å². The summed E-state index contributed by atoms with van der Waals surface area (Å²) in [5.74, 6) is 2.00. The van der Waals surface area contributed by atoms with E-state index in [1.807, 2.05) is 36.4 Å². The van der Waals surface area contributed by atoms with Crippen LogP contribution in [0.4, 0.5) is 0 Å². The Bertz CT molecular complexity index is 841. The highest BCUT2D eigenvalue weighted by Gasteiger charge is 2.23. The molecule has 2 heterocycles. The monoisotopic (exact) mass is 351 g/mol. The second-order valence-corrected chi connectivity index (χ2v) is 6.60. The fraction of sp³-hybridized carbons (Fsp3) is 0.381. The van der Waals surface area contributed by atoms with E-state index in [1.165, 1.54) is 5.52 Å². The molecule has 1 aromatic heterocycles. The molecule has 136 valence electrons. The number of aromatic nitrogens is 2. The molecule has 0 bridgehead atoms. The van der Waals surface area contributed by atoms with E-state index in [9.17, 15) is 0 Å². The number of imidazole rings is 1. The highest BCUT2D eigenvalue weighted by molar-refractivity contribution is 5.76. The van der Waals surface area contributed by atoms with Crippen LogP contribution in [-0.2, 0) is 11.3 Å². The molecular weight excluding hydrogens is 326 g/mol. The first-order chi connectivity index (χ1) is 12.8. The topological polar surface area (TPSA) is 39.5 Å². The Hall–Kier alpha value is -2.37. The van der Waals surface area contributed by atoms with Crippen molar-refractivity contribution in [1.82, 2.24) is 14.5 Å². The Labute approximate surface area is 154 Å². The summed E-state index contributed by atoms with van der Waals surface area (Å²) in [7, 11) is 0. The van der Waals surface area contributed by atoms with Gasteiger partial charge in [-0.2, -0.15) is 0 Å². The van der Waals surface area contributed by atoms with Gasteiger partial charge in [-0.3, -0.25) is 4.90 Å². The van der Waals surface area contributed by atoms with Crippen LogP contribution in [0.15, 0.2) is 54.6 Å². The lowest BCUT2D eigenvalue weighted by atomic mass is 10.2. The first-order valence-electron chi connectivity index (χ1n) is 9.28. The van der Waals surface area contributed by atoms with E-state index in [2.05, 4.69) is 34.6 Å². The van der Waals surface area contributed by atoms with Gasteiger partial charge in [0.05, 0.1) is 36.8 Å². The summed E-state index contributed by atoms with van der Waals surface area (Å²) in [6, 6.07) is 18.6. The quantitative estimate of drug-likeness (QED) is 0.681. The van der Waals surface area contributed by atoms with E-state index in [-0.39, 0.29) is 6.04 Å². The zero-order valence-electron chi connectivity index (χ0n) is 15.2. The van der Waals surface area contributed by atoms with Crippen molar-refractivity contribution >= 4 is 11.0 Å². The minimum Gasteiger partial charge on any atom is -0.492 e. The third-order valence-corrected chi connectivity index (χ3v) is 4.98. The second-order valence-electron chi connectivity index (χ2n) is 6.60. The van der Waals surface area contributed by atoms with E-state index in [1.54, 1.807) is 0 Å². The normalized spacial score (nSPS) is 16.7. The molecule has 0 unspecified atom stereocenters. The molecule has 1 aliphatic heterocycles. The Morgan fingerprint density at radius 2 is 1.77 bits per heavy atom. The number of hydrogen-bond donors (Lipinski definition) is 0. The van der Waals surface area contributed by atoms with Crippen molar-refractivity contribution in [2.24, 2.45) is 0 Å². The summed E-state index contributed by atoms with van der Waals surface area (Å²) in [6.45, 7) is 7.12. The molecule has 0 aliphatic carbocycles. The molecule has 0 spiro atoms. The molecule has 0 radical (unpaired) electrons. The third-order valence-electron chi connectivity index (χ3n) is 4.98. The molecule has 0 amide bonds. The Morgan fingerprint density at radius 3 is 2.58 bits per heavy atom. The maximum absolute atomic E-state index is 5.93. The van der Waals surface area contributed by atoms with Crippen LogP contribution in [0.3, 0.4) is 0 Å². The zero-order chi connectivity index (χ0) is 17.8. The van der Waals surface area contributed by atoms with Gasteiger partial charge in [-0.05, 0) is 31.2 Å². The number of ether oxygens (including phenoxy) is 2. The van der Waals surface area contributed by atoms with Crippen LogP contribution < -0.4 is 4.74 Å². The van der Waals surface area contributed by atoms with Crippen LogP contribution in [0.1, 0.15) is 18.8 Å². The van der Waals surface area contributed by atoms with Crippen LogP contribution in [0.25, 0.3) is 11.0 Å². The van der Waals surface area contributed by atoms with Gasteiger partial charge in [0.25, 0.3) is 0 Å². The molecule has 26 heavy (non-hydrogen) atoms. The summed E-state index contributed by atoms with van der Waals surface area (Å²) in [4.78, 5) is 7.38.